The minimum Gasteiger partial charge on any atom is -0.334 e. The van der Waals surface area contributed by atoms with Crippen molar-refractivity contribution < 1.29 is 4.79 Å². The van der Waals surface area contributed by atoms with E-state index in [0.717, 1.165) is 18.7 Å². The predicted molar refractivity (Wildman–Crippen MR) is 58.4 cm³/mol. The Hall–Kier alpha value is -1.52. The number of carbonyl (C=O) groups excluding carboxylic acids is 1. The Bertz CT molecular complexity index is 317. The molecular weight excluding hydrogens is 192 g/mol. The van der Waals surface area contributed by atoms with Crippen molar-refractivity contribution in [3.8, 4) is 0 Å². The van der Waals surface area contributed by atoms with Crippen molar-refractivity contribution in [1.82, 2.24) is 20.0 Å². The first kappa shape index (κ1) is 11.6. The predicted octanol–water partition coefficient (Wildman–Crippen LogP) is 0.971. The topological polar surface area (TPSA) is 50.2 Å². The third kappa shape index (κ3) is 3.27. The Balaban J connectivity index is 2.40. The largest absolute Gasteiger partial charge is 0.334 e. The third-order valence-electron chi connectivity index (χ3n) is 2.25. The minimum absolute atomic E-state index is 0.0242. The van der Waals surface area contributed by atoms with Crippen LogP contribution in [0.2, 0.25) is 0 Å². The zero-order chi connectivity index (χ0) is 11.3. The molecule has 1 heterocycles. The fourth-order valence-electron chi connectivity index (χ4n) is 1.36. The van der Waals surface area contributed by atoms with Crippen LogP contribution in [0, 0.1) is 0 Å². The van der Waals surface area contributed by atoms with Gasteiger partial charge >= 0.3 is 6.03 Å². The molecule has 1 aromatic rings. The van der Waals surface area contributed by atoms with Crippen LogP contribution in [0.1, 0.15) is 19.4 Å². The standard InChI is InChI=1S/C10H18N4O/c1-4-14(5-2)10(15)11-6-9-7-12-13(3)8-9/h7-8H,4-6H2,1-3H3,(H,11,15). The summed E-state index contributed by atoms with van der Waals surface area (Å²) in [5.74, 6) is 0. The molecule has 1 rings (SSSR count). The van der Waals surface area contributed by atoms with Gasteiger partial charge in [-0.05, 0) is 13.8 Å². The maximum Gasteiger partial charge on any atom is 0.317 e. The van der Waals surface area contributed by atoms with E-state index in [1.54, 1.807) is 15.8 Å². The molecule has 0 atom stereocenters. The molecule has 0 fully saturated rings. The van der Waals surface area contributed by atoms with Gasteiger partial charge in [-0.1, -0.05) is 0 Å². The number of amides is 2. The first-order chi connectivity index (χ1) is 7.17. The van der Waals surface area contributed by atoms with Gasteiger partial charge in [0.1, 0.15) is 0 Å². The van der Waals surface area contributed by atoms with Gasteiger partial charge in [-0.15, -0.1) is 0 Å². The van der Waals surface area contributed by atoms with E-state index in [9.17, 15) is 4.79 Å². The molecule has 0 bridgehead atoms. The van der Waals surface area contributed by atoms with E-state index in [-0.39, 0.29) is 6.03 Å². The van der Waals surface area contributed by atoms with Crippen LogP contribution >= 0.6 is 0 Å². The number of carbonyl (C=O) groups is 1. The Morgan fingerprint density at radius 2 is 2.20 bits per heavy atom. The average Bonchev–Trinajstić information content (AvgIpc) is 2.63. The second-order valence-corrected chi connectivity index (χ2v) is 3.35. The summed E-state index contributed by atoms with van der Waals surface area (Å²) in [5.41, 5.74) is 1.01. The molecule has 0 radical (unpaired) electrons. The van der Waals surface area contributed by atoms with E-state index in [4.69, 9.17) is 0 Å². The van der Waals surface area contributed by atoms with Crippen LogP contribution in [-0.2, 0) is 13.6 Å². The highest BCUT2D eigenvalue weighted by Gasteiger charge is 2.08. The van der Waals surface area contributed by atoms with E-state index >= 15 is 0 Å². The highest BCUT2D eigenvalue weighted by atomic mass is 16.2. The van der Waals surface area contributed by atoms with Crippen LogP contribution in [0.15, 0.2) is 12.4 Å². The molecule has 1 aromatic heterocycles. The summed E-state index contributed by atoms with van der Waals surface area (Å²) in [6.07, 6.45) is 3.64. The summed E-state index contributed by atoms with van der Waals surface area (Å²) in [4.78, 5) is 13.3. The van der Waals surface area contributed by atoms with Crippen LogP contribution < -0.4 is 5.32 Å². The molecule has 84 valence electrons. The molecule has 5 nitrogen and oxygen atoms in total. The van der Waals surface area contributed by atoms with Crippen molar-refractivity contribution >= 4 is 6.03 Å². The number of aromatic nitrogens is 2. The molecule has 0 spiro atoms. The summed E-state index contributed by atoms with van der Waals surface area (Å²) in [7, 11) is 1.86. The third-order valence-corrected chi connectivity index (χ3v) is 2.25. The van der Waals surface area contributed by atoms with Crippen molar-refractivity contribution in [1.29, 1.82) is 0 Å². The highest BCUT2D eigenvalue weighted by Crippen LogP contribution is 1.96. The lowest BCUT2D eigenvalue weighted by molar-refractivity contribution is 0.203. The van der Waals surface area contributed by atoms with Crippen molar-refractivity contribution in [3.63, 3.8) is 0 Å². The van der Waals surface area contributed by atoms with Crippen molar-refractivity contribution in [2.24, 2.45) is 7.05 Å². The first-order valence-electron chi connectivity index (χ1n) is 5.17. The summed E-state index contributed by atoms with van der Waals surface area (Å²) in [5, 5.41) is 6.88. The molecule has 0 aliphatic rings. The average molecular weight is 210 g/mol. The summed E-state index contributed by atoms with van der Waals surface area (Å²) in [6, 6.07) is -0.0242. The zero-order valence-corrected chi connectivity index (χ0v) is 9.53. The molecule has 0 saturated heterocycles. The summed E-state index contributed by atoms with van der Waals surface area (Å²) < 4.78 is 1.72. The van der Waals surface area contributed by atoms with Gasteiger partial charge in [0, 0.05) is 38.4 Å². The van der Waals surface area contributed by atoms with E-state index < -0.39 is 0 Å². The fraction of sp³-hybridized carbons (Fsp3) is 0.600. The molecule has 1 N–H and O–H groups in total. The van der Waals surface area contributed by atoms with Gasteiger partial charge in [0.15, 0.2) is 0 Å². The van der Waals surface area contributed by atoms with E-state index in [0.29, 0.717) is 6.54 Å². The van der Waals surface area contributed by atoms with E-state index in [1.807, 2.05) is 27.1 Å². The maximum atomic E-state index is 11.6. The van der Waals surface area contributed by atoms with Crippen LogP contribution in [0.5, 0.6) is 0 Å². The smallest absolute Gasteiger partial charge is 0.317 e. The van der Waals surface area contributed by atoms with Gasteiger partial charge in [0.25, 0.3) is 0 Å². The number of nitrogens with zero attached hydrogens (tertiary/aromatic N) is 3. The molecular formula is C10H18N4O. The second-order valence-electron chi connectivity index (χ2n) is 3.35. The fourth-order valence-corrected chi connectivity index (χ4v) is 1.36. The second kappa shape index (κ2) is 5.38. The van der Waals surface area contributed by atoms with Crippen molar-refractivity contribution in [2.75, 3.05) is 13.1 Å². The number of hydrogen-bond donors (Lipinski definition) is 1. The molecule has 15 heavy (non-hydrogen) atoms. The lowest BCUT2D eigenvalue weighted by Gasteiger charge is -2.18. The van der Waals surface area contributed by atoms with Crippen LogP contribution in [0.4, 0.5) is 4.79 Å². The Morgan fingerprint density at radius 1 is 1.53 bits per heavy atom. The molecule has 0 aliphatic carbocycles. The molecule has 2 amide bonds. The van der Waals surface area contributed by atoms with E-state index in [2.05, 4.69) is 10.4 Å². The summed E-state index contributed by atoms with van der Waals surface area (Å²) >= 11 is 0. The van der Waals surface area contributed by atoms with Crippen LogP contribution in [0.25, 0.3) is 0 Å². The van der Waals surface area contributed by atoms with Gasteiger partial charge in [-0.3, -0.25) is 4.68 Å². The molecule has 0 unspecified atom stereocenters. The number of hydrogen-bond acceptors (Lipinski definition) is 2. The number of rotatable bonds is 4. The zero-order valence-electron chi connectivity index (χ0n) is 9.53. The number of nitrogens with one attached hydrogen (secondary N) is 1. The molecule has 5 heteroatoms. The van der Waals surface area contributed by atoms with E-state index in [1.165, 1.54) is 0 Å². The number of aryl methyl sites for hydroxylation is 1. The van der Waals surface area contributed by atoms with Crippen LogP contribution in [0.3, 0.4) is 0 Å². The van der Waals surface area contributed by atoms with Gasteiger partial charge in [0.2, 0.25) is 0 Å². The monoisotopic (exact) mass is 210 g/mol. The lowest BCUT2D eigenvalue weighted by atomic mass is 10.3. The molecule has 0 saturated carbocycles. The normalized spacial score (nSPS) is 10.1. The Morgan fingerprint density at radius 3 is 2.67 bits per heavy atom. The lowest BCUT2D eigenvalue weighted by Crippen LogP contribution is -2.39. The van der Waals surface area contributed by atoms with Gasteiger partial charge in [-0.2, -0.15) is 5.10 Å². The minimum atomic E-state index is -0.0242. The molecule has 0 aliphatic heterocycles. The quantitative estimate of drug-likeness (QED) is 0.805. The maximum absolute atomic E-state index is 11.6. The van der Waals surface area contributed by atoms with Gasteiger partial charge in [-0.25, -0.2) is 4.79 Å². The van der Waals surface area contributed by atoms with Crippen molar-refractivity contribution in [2.45, 2.75) is 20.4 Å². The number of urea groups is 1. The summed E-state index contributed by atoms with van der Waals surface area (Å²) in [6.45, 7) is 5.92. The molecule has 0 aromatic carbocycles. The van der Waals surface area contributed by atoms with Gasteiger partial charge in [0.05, 0.1) is 6.20 Å². The Labute approximate surface area is 90.1 Å². The van der Waals surface area contributed by atoms with Crippen molar-refractivity contribution in [3.05, 3.63) is 18.0 Å². The Kier molecular flexibility index (Phi) is 4.15. The SMILES string of the molecule is CCN(CC)C(=O)NCc1cnn(C)c1. The highest BCUT2D eigenvalue weighted by molar-refractivity contribution is 5.74. The van der Waals surface area contributed by atoms with Crippen LogP contribution in [-0.4, -0.2) is 33.8 Å². The van der Waals surface area contributed by atoms with Gasteiger partial charge < -0.3 is 10.2 Å². The first-order valence-corrected chi connectivity index (χ1v) is 5.17.